The molecule has 0 bridgehead atoms. The number of hydrogen-bond donors (Lipinski definition) is 1. The summed E-state index contributed by atoms with van der Waals surface area (Å²) in [5.74, 6) is 1.72. The van der Waals surface area contributed by atoms with Gasteiger partial charge in [0.2, 0.25) is 0 Å². The molecular formula is C17H29NO3. The Labute approximate surface area is 128 Å². The Morgan fingerprint density at radius 3 is 2.43 bits per heavy atom. The first-order valence-corrected chi connectivity index (χ1v) is 7.49. The van der Waals surface area contributed by atoms with Crippen molar-refractivity contribution in [1.82, 2.24) is 5.32 Å². The second kappa shape index (κ2) is 8.25. The van der Waals surface area contributed by atoms with Crippen LogP contribution in [0.1, 0.15) is 40.2 Å². The molecule has 0 atom stereocenters. The van der Waals surface area contributed by atoms with Crippen molar-refractivity contribution in [2.45, 2.75) is 52.8 Å². The Morgan fingerprint density at radius 2 is 1.86 bits per heavy atom. The predicted molar refractivity (Wildman–Crippen MR) is 86.2 cm³/mol. The van der Waals surface area contributed by atoms with Crippen molar-refractivity contribution >= 4 is 0 Å². The van der Waals surface area contributed by atoms with E-state index in [1.807, 2.05) is 39.0 Å². The smallest absolute Gasteiger partial charge is 0.124 e. The third kappa shape index (κ3) is 7.34. The first kappa shape index (κ1) is 17.8. The van der Waals surface area contributed by atoms with Gasteiger partial charge in [0.1, 0.15) is 18.1 Å². The van der Waals surface area contributed by atoms with Crippen LogP contribution in [0.25, 0.3) is 0 Å². The van der Waals surface area contributed by atoms with Gasteiger partial charge in [-0.3, -0.25) is 0 Å². The van der Waals surface area contributed by atoms with E-state index >= 15 is 0 Å². The van der Waals surface area contributed by atoms with E-state index < -0.39 is 0 Å². The molecule has 1 rings (SSSR count). The van der Waals surface area contributed by atoms with Gasteiger partial charge < -0.3 is 19.5 Å². The average Bonchev–Trinajstić information content (AvgIpc) is 2.40. The minimum absolute atomic E-state index is 0.134. The van der Waals surface area contributed by atoms with Gasteiger partial charge in [-0.15, -0.1) is 0 Å². The van der Waals surface area contributed by atoms with Crippen molar-refractivity contribution in [1.29, 1.82) is 0 Å². The lowest BCUT2D eigenvalue weighted by molar-refractivity contribution is -0.0164. The van der Waals surface area contributed by atoms with Gasteiger partial charge in [0.15, 0.2) is 0 Å². The molecular weight excluding hydrogens is 266 g/mol. The van der Waals surface area contributed by atoms with Crippen LogP contribution >= 0.6 is 0 Å². The molecule has 0 heterocycles. The molecule has 0 aromatic heterocycles. The van der Waals surface area contributed by atoms with Crippen molar-refractivity contribution in [2.24, 2.45) is 0 Å². The van der Waals surface area contributed by atoms with E-state index in [1.165, 1.54) is 0 Å². The molecule has 4 heteroatoms. The summed E-state index contributed by atoms with van der Waals surface area (Å²) in [4.78, 5) is 0. The molecule has 0 aliphatic carbocycles. The highest BCUT2D eigenvalue weighted by molar-refractivity contribution is 5.40. The van der Waals surface area contributed by atoms with Crippen LogP contribution < -0.4 is 14.8 Å². The van der Waals surface area contributed by atoms with Crippen molar-refractivity contribution in [3.63, 3.8) is 0 Å². The standard InChI is InChI=1S/C17H29NO3/c1-13(2)18-12-14-11-15(19-6)7-8-16(14)20-9-10-21-17(3,4)5/h7-8,11,13,18H,9-10,12H2,1-6H3. The topological polar surface area (TPSA) is 39.7 Å². The number of hydrogen-bond acceptors (Lipinski definition) is 4. The number of benzene rings is 1. The number of ether oxygens (including phenoxy) is 3. The van der Waals surface area contributed by atoms with Gasteiger partial charge >= 0.3 is 0 Å². The summed E-state index contributed by atoms with van der Waals surface area (Å²) >= 11 is 0. The molecule has 1 aromatic rings. The van der Waals surface area contributed by atoms with Crippen molar-refractivity contribution in [3.05, 3.63) is 23.8 Å². The molecule has 0 unspecified atom stereocenters. The fourth-order valence-corrected chi connectivity index (χ4v) is 1.78. The van der Waals surface area contributed by atoms with Crippen molar-refractivity contribution in [2.75, 3.05) is 20.3 Å². The summed E-state index contributed by atoms with van der Waals surface area (Å²) in [7, 11) is 1.67. The predicted octanol–water partition coefficient (Wildman–Crippen LogP) is 3.39. The molecule has 0 saturated carbocycles. The van der Waals surface area contributed by atoms with Crippen LogP contribution in [0.2, 0.25) is 0 Å². The molecule has 0 aliphatic rings. The summed E-state index contributed by atoms with van der Waals surface area (Å²) in [5, 5.41) is 3.40. The maximum atomic E-state index is 5.84. The van der Waals surface area contributed by atoms with Gasteiger partial charge in [0.05, 0.1) is 19.3 Å². The second-order valence-corrected chi connectivity index (χ2v) is 6.32. The minimum atomic E-state index is -0.134. The summed E-state index contributed by atoms with van der Waals surface area (Å²) in [6.07, 6.45) is 0. The Morgan fingerprint density at radius 1 is 1.14 bits per heavy atom. The van der Waals surface area contributed by atoms with Crippen LogP contribution in [0, 0.1) is 0 Å². The quantitative estimate of drug-likeness (QED) is 0.746. The van der Waals surface area contributed by atoms with Crippen LogP contribution in [-0.2, 0) is 11.3 Å². The first-order valence-electron chi connectivity index (χ1n) is 7.49. The largest absolute Gasteiger partial charge is 0.497 e. The van der Waals surface area contributed by atoms with E-state index in [9.17, 15) is 0 Å². The lowest BCUT2D eigenvalue weighted by Crippen LogP contribution is -2.24. The molecule has 0 saturated heterocycles. The Bertz CT molecular complexity index is 425. The third-order valence-electron chi connectivity index (χ3n) is 2.84. The summed E-state index contributed by atoms with van der Waals surface area (Å²) < 4.78 is 16.8. The van der Waals surface area contributed by atoms with E-state index in [4.69, 9.17) is 14.2 Å². The van der Waals surface area contributed by atoms with Gasteiger partial charge in [0, 0.05) is 18.2 Å². The molecule has 21 heavy (non-hydrogen) atoms. The van der Waals surface area contributed by atoms with Gasteiger partial charge in [-0.1, -0.05) is 13.8 Å². The van der Waals surface area contributed by atoms with Crippen LogP contribution in [0.4, 0.5) is 0 Å². The van der Waals surface area contributed by atoms with Crippen LogP contribution in [0.5, 0.6) is 11.5 Å². The molecule has 120 valence electrons. The highest BCUT2D eigenvalue weighted by Gasteiger charge is 2.10. The zero-order chi connectivity index (χ0) is 15.9. The van der Waals surface area contributed by atoms with Gasteiger partial charge in [-0.2, -0.15) is 0 Å². The van der Waals surface area contributed by atoms with Gasteiger partial charge in [-0.05, 0) is 39.0 Å². The summed E-state index contributed by atoms with van der Waals surface area (Å²) in [6.45, 7) is 12.2. The van der Waals surface area contributed by atoms with Crippen LogP contribution in [-0.4, -0.2) is 32.0 Å². The number of nitrogens with one attached hydrogen (secondary N) is 1. The first-order chi connectivity index (χ1) is 9.81. The van der Waals surface area contributed by atoms with Crippen LogP contribution in [0.15, 0.2) is 18.2 Å². The Kier molecular flexibility index (Phi) is 6.99. The van der Waals surface area contributed by atoms with E-state index in [0.29, 0.717) is 19.3 Å². The zero-order valence-corrected chi connectivity index (χ0v) is 14.2. The van der Waals surface area contributed by atoms with Gasteiger partial charge in [0.25, 0.3) is 0 Å². The van der Waals surface area contributed by atoms with Crippen LogP contribution in [0.3, 0.4) is 0 Å². The molecule has 4 nitrogen and oxygen atoms in total. The average molecular weight is 295 g/mol. The maximum absolute atomic E-state index is 5.84. The Hall–Kier alpha value is -1.26. The number of rotatable bonds is 8. The molecule has 0 aliphatic heterocycles. The highest BCUT2D eigenvalue weighted by atomic mass is 16.5. The van der Waals surface area contributed by atoms with E-state index in [1.54, 1.807) is 7.11 Å². The van der Waals surface area contributed by atoms with E-state index in [0.717, 1.165) is 23.6 Å². The SMILES string of the molecule is COc1ccc(OCCOC(C)(C)C)c(CNC(C)C)c1. The molecule has 0 fully saturated rings. The third-order valence-corrected chi connectivity index (χ3v) is 2.84. The highest BCUT2D eigenvalue weighted by Crippen LogP contribution is 2.24. The van der Waals surface area contributed by atoms with Crippen molar-refractivity contribution < 1.29 is 14.2 Å². The normalized spacial score (nSPS) is 11.8. The molecule has 1 N–H and O–H groups in total. The fraction of sp³-hybridized carbons (Fsp3) is 0.647. The second-order valence-electron chi connectivity index (χ2n) is 6.32. The van der Waals surface area contributed by atoms with E-state index in [-0.39, 0.29) is 5.60 Å². The number of methoxy groups -OCH3 is 1. The summed E-state index contributed by atoms with van der Waals surface area (Å²) in [5.41, 5.74) is 0.962. The molecule has 0 amide bonds. The van der Waals surface area contributed by atoms with E-state index in [2.05, 4.69) is 19.2 Å². The minimum Gasteiger partial charge on any atom is -0.497 e. The lowest BCUT2D eigenvalue weighted by atomic mass is 10.1. The molecule has 0 radical (unpaired) electrons. The lowest BCUT2D eigenvalue weighted by Gasteiger charge is -2.20. The Balaban J connectivity index is 2.62. The van der Waals surface area contributed by atoms with Gasteiger partial charge in [-0.25, -0.2) is 0 Å². The maximum Gasteiger partial charge on any atom is 0.124 e. The summed E-state index contributed by atoms with van der Waals surface area (Å²) in [6, 6.07) is 6.30. The van der Waals surface area contributed by atoms with Crippen molar-refractivity contribution in [3.8, 4) is 11.5 Å². The molecule has 1 aromatic carbocycles. The zero-order valence-electron chi connectivity index (χ0n) is 14.2. The molecule has 0 spiro atoms. The monoisotopic (exact) mass is 295 g/mol. The fourth-order valence-electron chi connectivity index (χ4n) is 1.78.